The summed E-state index contributed by atoms with van der Waals surface area (Å²) in [7, 11) is 0. The van der Waals surface area contributed by atoms with Gasteiger partial charge in [0.2, 0.25) is 0 Å². The van der Waals surface area contributed by atoms with Gasteiger partial charge in [-0.05, 0) is 37.3 Å². The molecular formula is C20H26N4O. The highest BCUT2D eigenvalue weighted by atomic mass is 16.1. The van der Waals surface area contributed by atoms with Gasteiger partial charge in [-0.2, -0.15) is 0 Å². The van der Waals surface area contributed by atoms with Crippen molar-refractivity contribution < 1.29 is 4.79 Å². The molecular weight excluding hydrogens is 312 g/mol. The van der Waals surface area contributed by atoms with Crippen LogP contribution >= 0.6 is 0 Å². The van der Waals surface area contributed by atoms with Gasteiger partial charge in [-0.1, -0.05) is 26.0 Å². The third kappa shape index (κ3) is 4.56. The van der Waals surface area contributed by atoms with Gasteiger partial charge in [-0.25, -0.2) is 9.97 Å². The van der Waals surface area contributed by atoms with E-state index >= 15 is 0 Å². The lowest BCUT2D eigenvalue weighted by atomic mass is 10.1. The Balaban J connectivity index is 1.75. The van der Waals surface area contributed by atoms with E-state index in [1.165, 1.54) is 12.8 Å². The van der Waals surface area contributed by atoms with E-state index in [2.05, 4.69) is 34.0 Å². The zero-order valence-electron chi connectivity index (χ0n) is 15.0. The van der Waals surface area contributed by atoms with Crippen LogP contribution in [0.5, 0.6) is 0 Å². The van der Waals surface area contributed by atoms with E-state index in [0.29, 0.717) is 18.0 Å². The first-order valence-electron chi connectivity index (χ1n) is 9.09. The maximum absolute atomic E-state index is 12.3. The van der Waals surface area contributed by atoms with Crippen LogP contribution in [-0.2, 0) is 0 Å². The van der Waals surface area contributed by atoms with Gasteiger partial charge >= 0.3 is 0 Å². The minimum Gasteiger partial charge on any atom is -0.357 e. The molecule has 0 unspecified atom stereocenters. The lowest BCUT2D eigenvalue weighted by Gasteiger charge is -2.16. The number of anilines is 1. The molecule has 0 aliphatic carbocycles. The van der Waals surface area contributed by atoms with E-state index < -0.39 is 0 Å². The zero-order valence-corrected chi connectivity index (χ0v) is 15.0. The van der Waals surface area contributed by atoms with Crippen molar-refractivity contribution in [2.45, 2.75) is 33.1 Å². The van der Waals surface area contributed by atoms with Gasteiger partial charge in [0.1, 0.15) is 12.1 Å². The van der Waals surface area contributed by atoms with Crippen molar-refractivity contribution in [3.8, 4) is 11.3 Å². The topological polar surface area (TPSA) is 58.1 Å². The number of carbonyl (C=O) groups is 1. The van der Waals surface area contributed by atoms with E-state index in [0.717, 1.165) is 36.6 Å². The van der Waals surface area contributed by atoms with Crippen LogP contribution in [-0.4, -0.2) is 35.5 Å². The predicted octanol–water partition coefficient (Wildman–Crippen LogP) is 3.52. The molecule has 1 aromatic carbocycles. The molecule has 0 atom stereocenters. The summed E-state index contributed by atoms with van der Waals surface area (Å²) in [6, 6.07) is 9.66. The van der Waals surface area contributed by atoms with E-state index in [9.17, 15) is 4.79 Å². The second-order valence-electron chi connectivity index (χ2n) is 6.97. The monoisotopic (exact) mass is 338 g/mol. The van der Waals surface area contributed by atoms with Crippen molar-refractivity contribution in [2.75, 3.05) is 24.5 Å². The van der Waals surface area contributed by atoms with Crippen molar-refractivity contribution in [3.63, 3.8) is 0 Å². The zero-order chi connectivity index (χ0) is 17.6. The Hall–Kier alpha value is -2.43. The van der Waals surface area contributed by atoms with Gasteiger partial charge in [0.25, 0.3) is 5.91 Å². The van der Waals surface area contributed by atoms with Crippen LogP contribution in [0.1, 0.15) is 43.5 Å². The van der Waals surface area contributed by atoms with E-state index in [1.807, 2.05) is 30.3 Å². The number of nitrogens with zero attached hydrogens (tertiary/aromatic N) is 3. The molecule has 5 heteroatoms. The summed E-state index contributed by atoms with van der Waals surface area (Å²) in [5.41, 5.74) is 2.47. The largest absolute Gasteiger partial charge is 0.357 e. The predicted molar refractivity (Wildman–Crippen MR) is 101 cm³/mol. The summed E-state index contributed by atoms with van der Waals surface area (Å²) >= 11 is 0. The number of hydrogen-bond donors (Lipinski definition) is 1. The van der Waals surface area contributed by atoms with Crippen LogP contribution in [0.4, 0.5) is 5.82 Å². The highest BCUT2D eigenvalue weighted by Gasteiger charge is 2.15. The Morgan fingerprint density at radius 2 is 2.00 bits per heavy atom. The van der Waals surface area contributed by atoms with Crippen LogP contribution in [0.15, 0.2) is 36.7 Å². The maximum atomic E-state index is 12.3. The molecule has 1 fully saturated rings. The second-order valence-corrected chi connectivity index (χ2v) is 6.97. The fourth-order valence-corrected chi connectivity index (χ4v) is 3.02. The third-order valence-corrected chi connectivity index (χ3v) is 4.51. The molecule has 0 radical (unpaired) electrons. The number of hydrogen-bond acceptors (Lipinski definition) is 4. The normalized spacial score (nSPS) is 14.1. The van der Waals surface area contributed by atoms with Crippen molar-refractivity contribution >= 4 is 11.7 Å². The van der Waals surface area contributed by atoms with E-state index in [-0.39, 0.29) is 5.91 Å². The second kappa shape index (κ2) is 8.10. The quantitative estimate of drug-likeness (QED) is 0.875. The summed E-state index contributed by atoms with van der Waals surface area (Å²) in [5.74, 6) is 1.52. The summed E-state index contributed by atoms with van der Waals surface area (Å²) in [6.07, 6.45) is 5.02. The highest BCUT2D eigenvalue weighted by Crippen LogP contribution is 2.23. The summed E-state index contributed by atoms with van der Waals surface area (Å²) in [6.45, 7) is 7.11. The van der Waals surface area contributed by atoms with Crippen molar-refractivity contribution in [3.05, 3.63) is 42.2 Å². The lowest BCUT2D eigenvalue weighted by Crippen LogP contribution is -2.25. The first kappa shape index (κ1) is 17.4. The molecule has 2 aromatic rings. The molecule has 2 heterocycles. The third-order valence-electron chi connectivity index (χ3n) is 4.51. The molecule has 1 saturated heterocycles. The summed E-state index contributed by atoms with van der Waals surface area (Å²) < 4.78 is 0. The van der Waals surface area contributed by atoms with E-state index in [4.69, 9.17) is 0 Å². The molecule has 1 aromatic heterocycles. The molecule has 0 spiro atoms. The molecule has 1 N–H and O–H groups in total. The summed E-state index contributed by atoms with van der Waals surface area (Å²) in [5, 5.41) is 2.99. The fourth-order valence-electron chi connectivity index (χ4n) is 3.02. The standard InChI is InChI=1S/C20H26N4O/c1-15(2)8-9-21-20(25)17-7-5-6-16(12-17)18-13-19(23-14-22-18)24-10-3-4-11-24/h5-7,12-15H,3-4,8-11H2,1-2H3,(H,21,25). The SMILES string of the molecule is CC(C)CCNC(=O)c1cccc(-c2cc(N3CCCC3)ncn2)c1. The number of aromatic nitrogens is 2. The van der Waals surface area contributed by atoms with Crippen LogP contribution < -0.4 is 10.2 Å². The Morgan fingerprint density at radius 3 is 2.76 bits per heavy atom. The number of amides is 1. The van der Waals surface area contributed by atoms with Gasteiger partial charge < -0.3 is 10.2 Å². The first-order valence-corrected chi connectivity index (χ1v) is 9.09. The Bertz CT molecular complexity index is 723. The van der Waals surface area contributed by atoms with Crippen molar-refractivity contribution in [2.24, 2.45) is 5.92 Å². The smallest absolute Gasteiger partial charge is 0.251 e. The minimum atomic E-state index is -0.0312. The van der Waals surface area contributed by atoms with Crippen molar-refractivity contribution in [1.82, 2.24) is 15.3 Å². The molecule has 3 rings (SSSR count). The molecule has 25 heavy (non-hydrogen) atoms. The van der Waals surface area contributed by atoms with Gasteiger partial charge in [0.15, 0.2) is 0 Å². The first-order chi connectivity index (χ1) is 12.1. The van der Waals surface area contributed by atoms with Gasteiger partial charge in [0.05, 0.1) is 5.69 Å². The average Bonchev–Trinajstić information content (AvgIpc) is 3.16. The van der Waals surface area contributed by atoms with Crippen LogP contribution in [0, 0.1) is 5.92 Å². The highest BCUT2D eigenvalue weighted by molar-refractivity contribution is 5.95. The Morgan fingerprint density at radius 1 is 1.20 bits per heavy atom. The molecule has 0 saturated carbocycles. The maximum Gasteiger partial charge on any atom is 0.251 e. The van der Waals surface area contributed by atoms with E-state index in [1.54, 1.807) is 6.33 Å². The molecule has 0 bridgehead atoms. The van der Waals surface area contributed by atoms with Crippen molar-refractivity contribution in [1.29, 1.82) is 0 Å². The van der Waals surface area contributed by atoms with Gasteiger partial charge in [0, 0.05) is 36.8 Å². The van der Waals surface area contributed by atoms with Crippen LogP contribution in [0.2, 0.25) is 0 Å². The lowest BCUT2D eigenvalue weighted by molar-refractivity contribution is 0.0952. The summed E-state index contributed by atoms with van der Waals surface area (Å²) in [4.78, 5) is 23.4. The van der Waals surface area contributed by atoms with Gasteiger partial charge in [-0.3, -0.25) is 4.79 Å². The average molecular weight is 338 g/mol. The Labute approximate surface area is 149 Å². The number of rotatable bonds is 6. The fraction of sp³-hybridized carbons (Fsp3) is 0.450. The van der Waals surface area contributed by atoms with Crippen LogP contribution in [0.25, 0.3) is 11.3 Å². The number of nitrogens with one attached hydrogen (secondary N) is 1. The Kier molecular flexibility index (Phi) is 5.64. The number of carbonyl (C=O) groups excluding carboxylic acids is 1. The molecule has 132 valence electrons. The molecule has 5 nitrogen and oxygen atoms in total. The van der Waals surface area contributed by atoms with Crippen LogP contribution in [0.3, 0.4) is 0 Å². The number of benzene rings is 1. The molecule has 1 aliphatic heterocycles. The minimum absolute atomic E-state index is 0.0312. The van der Waals surface area contributed by atoms with Gasteiger partial charge in [-0.15, -0.1) is 0 Å². The molecule has 1 aliphatic rings. The molecule has 1 amide bonds.